The van der Waals surface area contributed by atoms with Crippen LogP contribution < -0.4 is 10.6 Å². The maximum atomic E-state index is 11.2. The predicted octanol–water partition coefficient (Wildman–Crippen LogP) is 3.34. The summed E-state index contributed by atoms with van der Waals surface area (Å²) in [6.07, 6.45) is 4.39. The third-order valence-corrected chi connectivity index (χ3v) is 5.24. The van der Waals surface area contributed by atoms with Crippen molar-refractivity contribution in [2.75, 3.05) is 5.43 Å². The first kappa shape index (κ1) is 17.0. The Morgan fingerprint density at radius 1 is 1.14 bits per heavy atom. The zero-order valence-corrected chi connectivity index (χ0v) is 14.3. The van der Waals surface area contributed by atoms with Crippen molar-refractivity contribution in [1.82, 2.24) is 0 Å². The van der Waals surface area contributed by atoms with Crippen LogP contribution in [0.3, 0.4) is 0 Å². The van der Waals surface area contributed by atoms with Gasteiger partial charge in [-0.05, 0) is 61.3 Å². The number of anilines is 1. The van der Waals surface area contributed by atoms with Crippen LogP contribution in [-0.2, 0) is 10.0 Å². The number of primary sulfonamides is 1. The van der Waals surface area contributed by atoms with E-state index in [1.54, 1.807) is 12.1 Å². The summed E-state index contributed by atoms with van der Waals surface area (Å²) in [5.74, 6) is 0.750. The van der Waals surface area contributed by atoms with Gasteiger partial charge < -0.3 is 0 Å². The van der Waals surface area contributed by atoms with Gasteiger partial charge in [-0.25, -0.2) is 13.6 Å². The average Bonchev–Trinajstić information content (AvgIpc) is 2.44. The fraction of sp³-hybridized carbons (Fsp3) is 0.562. The van der Waals surface area contributed by atoms with Gasteiger partial charge in [0.25, 0.3) is 0 Å². The second-order valence-corrected chi connectivity index (χ2v) is 8.56. The highest BCUT2D eigenvalue weighted by molar-refractivity contribution is 7.89. The SMILES string of the molecule is CC(C)(C)C1CCC(=NNc2ccc(S(N)(=O)=O)cc2)CC1. The van der Waals surface area contributed by atoms with Gasteiger partial charge in [-0.3, -0.25) is 5.43 Å². The number of benzene rings is 1. The van der Waals surface area contributed by atoms with Crippen molar-refractivity contribution in [2.24, 2.45) is 21.6 Å². The van der Waals surface area contributed by atoms with Crippen LogP contribution in [-0.4, -0.2) is 14.1 Å². The third kappa shape index (κ3) is 4.55. The lowest BCUT2D eigenvalue weighted by molar-refractivity contribution is 0.208. The molecule has 0 heterocycles. The maximum absolute atomic E-state index is 11.2. The quantitative estimate of drug-likeness (QED) is 0.837. The Hall–Kier alpha value is -1.40. The van der Waals surface area contributed by atoms with E-state index in [4.69, 9.17) is 5.14 Å². The summed E-state index contributed by atoms with van der Waals surface area (Å²) in [6, 6.07) is 6.30. The van der Waals surface area contributed by atoms with Gasteiger partial charge in [0.15, 0.2) is 0 Å². The normalized spacial score (nSPS) is 19.8. The lowest BCUT2D eigenvalue weighted by Crippen LogP contribution is -2.26. The number of hydrazone groups is 1. The minimum Gasteiger partial charge on any atom is -0.279 e. The second kappa shape index (κ2) is 6.38. The number of hydrogen-bond donors (Lipinski definition) is 2. The van der Waals surface area contributed by atoms with Gasteiger partial charge in [0.2, 0.25) is 10.0 Å². The molecule has 2 rings (SSSR count). The second-order valence-electron chi connectivity index (χ2n) is 7.00. The van der Waals surface area contributed by atoms with Gasteiger partial charge >= 0.3 is 0 Å². The van der Waals surface area contributed by atoms with Crippen LogP contribution in [0.4, 0.5) is 5.69 Å². The van der Waals surface area contributed by atoms with Crippen molar-refractivity contribution in [1.29, 1.82) is 0 Å². The molecule has 0 amide bonds. The minimum atomic E-state index is -3.64. The molecule has 6 heteroatoms. The molecule has 0 spiro atoms. The van der Waals surface area contributed by atoms with E-state index in [1.807, 2.05) is 0 Å². The Morgan fingerprint density at radius 2 is 1.68 bits per heavy atom. The first-order valence-corrected chi connectivity index (χ1v) is 9.15. The molecule has 0 unspecified atom stereocenters. The zero-order chi connectivity index (χ0) is 16.4. The Morgan fingerprint density at radius 3 is 2.14 bits per heavy atom. The number of rotatable bonds is 3. The molecule has 1 aliphatic rings. The van der Waals surface area contributed by atoms with Crippen LogP contribution >= 0.6 is 0 Å². The molecule has 1 fully saturated rings. The molecule has 0 aliphatic heterocycles. The summed E-state index contributed by atoms with van der Waals surface area (Å²) in [4.78, 5) is 0.108. The molecule has 0 saturated heterocycles. The maximum Gasteiger partial charge on any atom is 0.238 e. The number of nitrogens with one attached hydrogen (secondary N) is 1. The predicted molar refractivity (Wildman–Crippen MR) is 90.3 cm³/mol. The monoisotopic (exact) mass is 323 g/mol. The largest absolute Gasteiger partial charge is 0.279 e. The van der Waals surface area contributed by atoms with Gasteiger partial charge in [0.05, 0.1) is 10.6 Å². The van der Waals surface area contributed by atoms with E-state index in [9.17, 15) is 8.42 Å². The number of hydrogen-bond acceptors (Lipinski definition) is 4. The average molecular weight is 323 g/mol. The van der Waals surface area contributed by atoms with E-state index in [-0.39, 0.29) is 4.90 Å². The molecule has 5 nitrogen and oxygen atoms in total. The van der Waals surface area contributed by atoms with E-state index < -0.39 is 10.0 Å². The molecule has 1 saturated carbocycles. The minimum absolute atomic E-state index is 0.108. The molecule has 1 aromatic rings. The summed E-state index contributed by atoms with van der Waals surface area (Å²) in [7, 11) is -3.64. The third-order valence-electron chi connectivity index (χ3n) is 4.31. The number of nitrogens with zero attached hydrogens (tertiary/aromatic N) is 1. The van der Waals surface area contributed by atoms with Crippen LogP contribution in [0, 0.1) is 11.3 Å². The van der Waals surface area contributed by atoms with E-state index in [2.05, 4.69) is 31.3 Å². The van der Waals surface area contributed by atoms with Crippen molar-refractivity contribution in [3.05, 3.63) is 24.3 Å². The lowest BCUT2D eigenvalue weighted by Gasteiger charge is -2.34. The fourth-order valence-corrected chi connectivity index (χ4v) is 3.31. The van der Waals surface area contributed by atoms with Gasteiger partial charge in [0, 0.05) is 5.71 Å². The Bertz CT molecular complexity index is 633. The molecule has 1 aliphatic carbocycles. The topological polar surface area (TPSA) is 84.5 Å². The van der Waals surface area contributed by atoms with Crippen LogP contribution in [0.25, 0.3) is 0 Å². The molecule has 0 atom stereocenters. The number of nitrogens with two attached hydrogens (primary N) is 1. The van der Waals surface area contributed by atoms with E-state index in [0.29, 0.717) is 5.41 Å². The summed E-state index contributed by atoms with van der Waals surface area (Å²) >= 11 is 0. The molecule has 0 radical (unpaired) electrons. The molecule has 0 bridgehead atoms. The highest BCUT2D eigenvalue weighted by Crippen LogP contribution is 2.36. The van der Waals surface area contributed by atoms with E-state index in [1.165, 1.54) is 30.7 Å². The molecule has 3 N–H and O–H groups in total. The zero-order valence-electron chi connectivity index (χ0n) is 13.5. The molecule has 122 valence electrons. The summed E-state index contributed by atoms with van der Waals surface area (Å²) in [6.45, 7) is 6.89. The molecule has 22 heavy (non-hydrogen) atoms. The van der Waals surface area contributed by atoms with Crippen LogP contribution in [0.1, 0.15) is 46.5 Å². The van der Waals surface area contributed by atoms with Crippen molar-refractivity contribution >= 4 is 21.4 Å². The van der Waals surface area contributed by atoms with Gasteiger partial charge in [-0.1, -0.05) is 20.8 Å². The van der Waals surface area contributed by atoms with Crippen molar-refractivity contribution in [3.63, 3.8) is 0 Å². The van der Waals surface area contributed by atoms with E-state index in [0.717, 1.165) is 24.4 Å². The summed E-state index contributed by atoms with van der Waals surface area (Å²) < 4.78 is 22.4. The highest BCUT2D eigenvalue weighted by atomic mass is 32.2. The number of sulfonamides is 1. The van der Waals surface area contributed by atoms with E-state index >= 15 is 0 Å². The van der Waals surface area contributed by atoms with Gasteiger partial charge in [0.1, 0.15) is 0 Å². The van der Waals surface area contributed by atoms with Crippen molar-refractivity contribution in [3.8, 4) is 0 Å². The van der Waals surface area contributed by atoms with Crippen molar-refractivity contribution in [2.45, 2.75) is 51.3 Å². The Balaban J connectivity index is 1.93. The van der Waals surface area contributed by atoms with Gasteiger partial charge in [-0.2, -0.15) is 5.10 Å². The highest BCUT2D eigenvalue weighted by Gasteiger charge is 2.27. The van der Waals surface area contributed by atoms with Crippen LogP contribution in [0.15, 0.2) is 34.3 Å². The lowest BCUT2D eigenvalue weighted by atomic mass is 9.72. The van der Waals surface area contributed by atoms with Gasteiger partial charge in [-0.15, -0.1) is 0 Å². The van der Waals surface area contributed by atoms with Crippen molar-refractivity contribution < 1.29 is 8.42 Å². The first-order chi connectivity index (χ1) is 10.2. The molecule has 0 aromatic heterocycles. The molecular weight excluding hydrogens is 298 g/mol. The standard InChI is InChI=1S/C16H25N3O2S/c1-16(2,3)12-4-6-13(7-5-12)18-19-14-8-10-15(11-9-14)22(17,20)21/h8-12,19H,4-7H2,1-3H3,(H2,17,20,21). The smallest absolute Gasteiger partial charge is 0.238 e. The fourth-order valence-electron chi connectivity index (χ4n) is 2.79. The Labute approximate surface area is 133 Å². The molecular formula is C16H25N3O2S. The van der Waals surface area contributed by atoms with Crippen LogP contribution in [0.5, 0.6) is 0 Å². The first-order valence-electron chi connectivity index (χ1n) is 7.60. The summed E-state index contributed by atoms with van der Waals surface area (Å²) in [5, 5.41) is 9.52. The van der Waals surface area contributed by atoms with Crippen LogP contribution in [0.2, 0.25) is 0 Å². The Kier molecular flexibility index (Phi) is 4.92. The summed E-state index contributed by atoms with van der Waals surface area (Å²) in [5.41, 5.74) is 5.30. The molecule has 1 aromatic carbocycles.